The maximum Gasteiger partial charge on any atom is 0.246 e. The summed E-state index contributed by atoms with van der Waals surface area (Å²) >= 11 is 0. The summed E-state index contributed by atoms with van der Waals surface area (Å²) in [6.07, 6.45) is 4.54. The second kappa shape index (κ2) is 6.09. The molecule has 0 saturated carbocycles. The molecular weight excluding hydrogens is 310 g/mol. The predicted octanol–water partition coefficient (Wildman–Crippen LogP) is 3.13. The van der Waals surface area contributed by atoms with E-state index < -0.39 is 10.0 Å². The molecule has 0 amide bonds. The molecular formula is C17H23N3O2S. The lowest BCUT2D eigenvalue weighted by molar-refractivity contribution is 0.204. The lowest BCUT2D eigenvalue weighted by Gasteiger charge is -2.37. The van der Waals surface area contributed by atoms with Crippen LogP contribution in [0.15, 0.2) is 41.4 Å². The zero-order chi connectivity index (χ0) is 16.6. The molecule has 6 heteroatoms. The van der Waals surface area contributed by atoms with Gasteiger partial charge in [-0.3, -0.25) is 0 Å². The molecule has 0 N–H and O–H groups in total. The highest BCUT2D eigenvalue weighted by atomic mass is 32.2. The minimum Gasteiger partial charge on any atom is -0.239 e. The Balaban J connectivity index is 2.02. The van der Waals surface area contributed by atoms with Crippen molar-refractivity contribution in [2.75, 3.05) is 0 Å². The number of para-hydroxylation sites is 1. The van der Waals surface area contributed by atoms with Crippen molar-refractivity contribution in [1.82, 2.24) is 14.1 Å². The molecule has 1 aromatic carbocycles. The van der Waals surface area contributed by atoms with Gasteiger partial charge in [0.1, 0.15) is 4.90 Å². The van der Waals surface area contributed by atoms with Gasteiger partial charge >= 0.3 is 0 Å². The second-order valence-corrected chi connectivity index (χ2v) is 8.13. The van der Waals surface area contributed by atoms with Crippen molar-refractivity contribution in [1.29, 1.82) is 0 Å². The van der Waals surface area contributed by atoms with Crippen molar-refractivity contribution in [2.24, 2.45) is 0 Å². The standard InChI is InChI=1S/C17H23N3O2S/c1-13-8-7-9-14(2)20(13)23(21,22)17-12-19(18-15(17)3)16-10-5-4-6-11-16/h4-6,10-14H,7-9H2,1-3H3. The van der Waals surface area contributed by atoms with E-state index in [1.54, 1.807) is 22.1 Å². The van der Waals surface area contributed by atoms with Gasteiger partial charge in [-0.15, -0.1) is 0 Å². The fourth-order valence-corrected chi connectivity index (χ4v) is 5.43. The summed E-state index contributed by atoms with van der Waals surface area (Å²) in [6.45, 7) is 5.74. The SMILES string of the molecule is Cc1nn(-c2ccccc2)cc1S(=O)(=O)N1C(C)CCCC1C. The number of aromatic nitrogens is 2. The van der Waals surface area contributed by atoms with Gasteiger partial charge in [0.2, 0.25) is 10.0 Å². The Morgan fingerprint density at radius 1 is 1.09 bits per heavy atom. The van der Waals surface area contributed by atoms with Crippen molar-refractivity contribution in [2.45, 2.75) is 57.0 Å². The lowest BCUT2D eigenvalue weighted by atomic mass is 10.0. The van der Waals surface area contributed by atoms with E-state index >= 15 is 0 Å². The van der Waals surface area contributed by atoms with Gasteiger partial charge < -0.3 is 0 Å². The molecule has 23 heavy (non-hydrogen) atoms. The van der Waals surface area contributed by atoms with Gasteiger partial charge in [0.15, 0.2) is 0 Å². The quantitative estimate of drug-likeness (QED) is 0.867. The summed E-state index contributed by atoms with van der Waals surface area (Å²) in [6, 6.07) is 9.63. The van der Waals surface area contributed by atoms with Gasteiger partial charge in [-0.2, -0.15) is 9.40 Å². The normalized spacial score (nSPS) is 23.1. The Bertz CT molecular complexity index is 773. The molecule has 1 aromatic heterocycles. The topological polar surface area (TPSA) is 55.2 Å². The molecule has 0 bridgehead atoms. The van der Waals surface area contributed by atoms with Gasteiger partial charge in [0.25, 0.3) is 0 Å². The molecule has 124 valence electrons. The number of benzene rings is 1. The number of sulfonamides is 1. The molecule has 2 aromatic rings. The zero-order valence-corrected chi connectivity index (χ0v) is 14.6. The number of aryl methyl sites for hydroxylation is 1. The Kier molecular flexibility index (Phi) is 4.29. The Morgan fingerprint density at radius 3 is 2.30 bits per heavy atom. The average Bonchev–Trinajstić information content (AvgIpc) is 2.90. The number of nitrogens with zero attached hydrogens (tertiary/aromatic N) is 3. The van der Waals surface area contributed by atoms with Crippen LogP contribution in [0.4, 0.5) is 0 Å². The first kappa shape index (κ1) is 16.2. The van der Waals surface area contributed by atoms with Crippen molar-refractivity contribution >= 4 is 10.0 Å². The van der Waals surface area contributed by atoms with E-state index in [2.05, 4.69) is 5.10 Å². The number of piperidine rings is 1. The summed E-state index contributed by atoms with van der Waals surface area (Å²) in [4.78, 5) is 0.307. The molecule has 0 aliphatic carbocycles. The highest BCUT2D eigenvalue weighted by Crippen LogP contribution is 2.30. The van der Waals surface area contributed by atoms with E-state index in [-0.39, 0.29) is 12.1 Å². The van der Waals surface area contributed by atoms with Crippen LogP contribution in [0.3, 0.4) is 0 Å². The van der Waals surface area contributed by atoms with Gasteiger partial charge in [0.05, 0.1) is 17.6 Å². The molecule has 2 heterocycles. The van der Waals surface area contributed by atoms with E-state index in [1.807, 2.05) is 44.2 Å². The third-order valence-corrected chi connectivity index (χ3v) is 6.77. The van der Waals surface area contributed by atoms with E-state index in [0.29, 0.717) is 10.6 Å². The van der Waals surface area contributed by atoms with Crippen LogP contribution in [0, 0.1) is 6.92 Å². The summed E-state index contributed by atoms with van der Waals surface area (Å²) in [5, 5.41) is 4.40. The van der Waals surface area contributed by atoms with Gasteiger partial charge in [0, 0.05) is 12.1 Å². The summed E-state index contributed by atoms with van der Waals surface area (Å²) in [7, 11) is -3.53. The van der Waals surface area contributed by atoms with Crippen LogP contribution in [0.2, 0.25) is 0 Å². The Hall–Kier alpha value is -1.66. The molecule has 1 saturated heterocycles. The average molecular weight is 333 g/mol. The predicted molar refractivity (Wildman–Crippen MR) is 90.1 cm³/mol. The Labute approximate surface area is 138 Å². The molecule has 3 rings (SSSR count). The van der Waals surface area contributed by atoms with Gasteiger partial charge in [-0.25, -0.2) is 13.1 Å². The lowest BCUT2D eigenvalue weighted by Crippen LogP contribution is -2.47. The Morgan fingerprint density at radius 2 is 1.70 bits per heavy atom. The monoisotopic (exact) mass is 333 g/mol. The third-order valence-electron chi connectivity index (χ3n) is 4.54. The first-order valence-electron chi connectivity index (χ1n) is 8.06. The largest absolute Gasteiger partial charge is 0.246 e. The molecule has 0 radical (unpaired) electrons. The van der Waals surface area contributed by atoms with Gasteiger partial charge in [-0.05, 0) is 45.7 Å². The fraction of sp³-hybridized carbons (Fsp3) is 0.471. The minimum absolute atomic E-state index is 0.0308. The van der Waals surface area contributed by atoms with Crippen LogP contribution in [-0.4, -0.2) is 34.6 Å². The minimum atomic E-state index is -3.53. The van der Waals surface area contributed by atoms with Crippen LogP contribution in [0.5, 0.6) is 0 Å². The van der Waals surface area contributed by atoms with Crippen LogP contribution < -0.4 is 0 Å². The van der Waals surface area contributed by atoms with Crippen molar-refractivity contribution in [3.63, 3.8) is 0 Å². The van der Waals surface area contributed by atoms with Crippen molar-refractivity contribution < 1.29 is 8.42 Å². The van der Waals surface area contributed by atoms with Crippen LogP contribution in [-0.2, 0) is 10.0 Å². The van der Waals surface area contributed by atoms with E-state index in [4.69, 9.17) is 0 Å². The number of hydrogen-bond acceptors (Lipinski definition) is 3. The highest BCUT2D eigenvalue weighted by molar-refractivity contribution is 7.89. The van der Waals surface area contributed by atoms with Crippen LogP contribution in [0.1, 0.15) is 38.8 Å². The number of rotatable bonds is 3. The highest BCUT2D eigenvalue weighted by Gasteiger charge is 2.37. The summed E-state index contributed by atoms with van der Waals surface area (Å²) in [5.74, 6) is 0. The number of hydrogen-bond donors (Lipinski definition) is 0. The maximum atomic E-state index is 13.1. The first-order chi connectivity index (χ1) is 10.9. The van der Waals surface area contributed by atoms with E-state index in [0.717, 1.165) is 24.9 Å². The maximum absolute atomic E-state index is 13.1. The molecule has 2 atom stereocenters. The fourth-order valence-electron chi connectivity index (χ4n) is 3.40. The molecule has 1 fully saturated rings. The van der Waals surface area contributed by atoms with Gasteiger partial charge in [-0.1, -0.05) is 24.6 Å². The van der Waals surface area contributed by atoms with E-state index in [9.17, 15) is 8.42 Å². The second-order valence-electron chi connectivity index (χ2n) is 6.32. The van der Waals surface area contributed by atoms with Crippen LogP contribution >= 0.6 is 0 Å². The third kappa shape index (κ3) is 2.93. The molecule has 1 aliphatic heterocycles. The summed E-state index contributed by atoms with van der Waals surface area (Å²) < 4.78 is 29.6. The van der Waals surface area contributed by atoms with Crippen molar-refractivity contribution in [3.8, 4) is 5.69 Å². The zero-order valence-electron chi connectivity index (χ0n) is 13.8. The summed E-state index contributed by atoms with van der Waals surface area (Å²) in [5.41, 5.74) is 1.40. The van der Waals surface area contributed by atoms with E-state index in [1.165, 1.54) is 0 Å². The smallest absolute Gasteiger partial charge is 0.239 e. The van der Waals surface area contributed by atoms with Crippen LogP contribution in [0.25, 0.3) is 5.69 Å². The molecule has 0 spiro atoms. The first-order valence-corrected chi connectivity index (χ1v) is 9.50. The van der Waals surface area contributed by atoms with Crippen molar-refractivity contribution in [3.05, 3.63) is 42.2 Å². The molecule has 1 aliphatic rings. The molecule has 2 unspecified atom stereocenters. The molecule has 5 nitrogen and oxygen atoms in total.